The molecule has 29 heavy (non-hydrogen) atoms. The van der Waals surface area contributed by atoms with Gasteiger partial charge in [-0.2, -0.15) is 0 Å². The second-order valence-electron chi connectivity index (χ2n) is 7.59. The molecule has 1 aromatic heterocycles. The Morgan fingerprint density at radius 1 is 1.14 bits per heavy atom. The summed E-state index contributed by atoms with van der Waals surface area (Å²) >= 11 is 5.41. The lowest BCUT2D eigenvalue weighted by Gasteiger charge is -2.32. The van der Waals surface area contributed by atoms with E-state index in [0.29, 0.717) is 5.11 Å². The van der Waals surface area contributed by atoms with Crippen molar-refractivity contribution in [2.75, 3.05) is 31.5 Å². The predicted octanol–water partition coefficient (Wildman–Crippen LogP) is 3.26. The summed E-state index contributed by atoms with van der Waals surface area (Å²) in [5, 5.41) is 7.21. The number of para-hydroxylation sites is 3. The number of likely N-dealkylation sites (tertiary alicyclic amines) is 1. The molecule has 1 fully saturated rings. The number of aromatic nitrogens is 2. The highest BCUT2D eigenvalue weighted by Crippen LogP contribution is 2.24. The minimum absolute atomic E-state index is 0.000977. The Morgan fingerprint density at radius 2 is 1.86 bits per heavy atom. The van der Waals surface area contributed by atoms with Gasteiger partial charge in [0.2, 0.25) is 0 Å². The topological polar surface area (TPSA) is 65.1 Å². The number of nitrogens with one attached hydrogen (secondary N) is 3. The van der Waals surface area contributed by atoms with E-state index in [1.165, 1.54) is 5.56 Å². The predicted molar refractivity (Wildman–Crippen MR) is 123 cm³/mol. The summed E-state index contributed by atoms with van der Waals surface area (Å²) in [6.45, 7) is 5.77. The Balaban J connectivity index is 1.25. The van der Waals surface area contributed by atoms with E-state index >= 15 is 0 Å². The largest absolute Gasteiger partial charge is 0.361 e. The van der Waals surface area contributed by atoms with Crippen LogP contribution in [-0.4, -0.2) is 45.7 Å². The third-order valence-electron chi connectivity index (χ3n) is 5.65. The average molecular weight is 410 g/mol. The maximum atomic E-state index is 12.4. The fourth-order valence-corrected chi connectivity index (χ4v) is 4.26. The summed E-state index contributed by atoms with van der Waals surface area (Å²) in [6.07, 6.45) is 1.96. The molecule has 0 bridgehead atoms. The van der Waals surface area contributed by atoms with Gasteiger partial charge in [-0.1, -0.05) is 30.3 Å². The first-order chi connectivity index (χ1) is 14.1. The van der Waals surface area contributed by atoms with Crippen molar-refractivity contribution in [2.45, 2.75) is 25.8 Å². The second kappa shape index (κ2) is 8.80. The number of rotatable bonds is 5. The fraction of sp³-hybridized carbons (Fsp3) is 0.364. The Kier molecular flexibility index (Phi) is 5.97. The zero-order chi connectivity index (χ0) is 20.2. The monoisotopic (exact) mass is 409 g/mol. The molecule has 0 unspecified atom stereocenters. The van der Waals surface area contributed by atoms with Crippen molar-refractivity contribution in [1.82, 2.24) is 19.8 Å². The van der Waals surface area contributed by atoms with Gasteiger partial charge in [0.05, 0.1) is 11.0 Å². The highest BCUT2D eigenvalue weighted by atomic mass is 32.1. The Hall–Kier alpha value is -2.64. The molecule has 0 spiro atoms. The first-order valence-electron chi connectivity index (χ1n) is 10.1. The second-order valence-corrected chi connectivity index (χ2v) is 7.99. The van der Waals surface area contributed by atoms with Crippen LogP contribution in [0.1, 0.15) is 24.4 Å². The molecule has 3 aromatic rings. The summed E-state index contributed by atoms with van der Waals surface area (Å²) in [6, 6.07) is 16.3. The normalized spacial score (nSPS) is 15.5. The number of aromatic amines is 1. The van der Waals surface area contributed by atoms with Crippen LogP contribution >= 0.6 is 12.2 Å². The lowest BCUT2D eigenvalue weighted by molar-refractivity contribution is 0.189. The number of anilines is 1. The van der Waals surface area contributed by atoms with Crippen LogP contribution in [0.2, 0.25) is 0 Å². The number of benzene rings is 2. The lowest BCUT2D eigenvalue weighted by Crippen LogP contribution is -2.41. The number of H-pyrrole nitrogens is 1. The van der Waals surface area contributed by atoms with Crippen LogP contribution in [0.15, 0.2) is 53.3 Å². The van der Waals surface area contributed by atoms with Crippen molar-refractivity contribution in [2.24, 2.45) is 0 Å². The van der Waals surface area contributed by atoms with Crippen molar-refractivity contribution in [3.05, 3.63) is 64.6 Å². The van der Waals surface area contributed by atoms with Gasteiger partial charge in [-0.05, 0) is 55.7 Å². The molecule has 0 atom stereocenters. The maximum absolute atomic E-state index is 12.4. The van der Waals surface area contributed by atoms with Gasteiger partial charge >= 0.3 is 5.69 Å². The molecule has 1 aliphatic rings. The molecule has 4 rings (SSSR count). The van der Waals surface area contributed by atoms with Gasteiger partial charge in [0, 0.05) is 37.9 Å². The fourth-order valence-electron chi connectivity index (χ4n) is 4.05. The highest BCUT2D eigenvalue weighted by molar-refractivity contribution is 7.80. The van der Waals surface area contributed by atoms with Crippen LogP contribution in [0.25, 0.3) is 11.0 Å². The van der Waals surface area contributed by atoms with E-state index in [-0.39, 0.29) is 11.7 Å². The van der Waals surface area contributed by atoms with Crippen molar-refractivity contribution < 1.29 is 0 Å². The first-order valence-corrected chi connectivity index (χ1v) is 10.5. The molecule has 0 saturated carbocycles. The summed E-state index contributed by atoms with van der Waals surface area (Å²) in [4.78, 5) is 17.8. The molecule has 2 heterocycles. The number of thiocarbonyl (C=S) groups is 1. The number of hydrogen-bond acceptors (Lipinski definition) is 3. The molecule has 0 aliphatic carbocycles. The number of aryl methyl sites for hydroxylation is 1. The van der Waals surface area contributed by atoms with Gasteiger partial charge < -0.3 is 20.5 Å². The van der Waals surface area contributed by atoms with Crippen molar-refractivity contribution in [1.29, 1.82) is 0 Å². The smallest absolute Gasteiger partial charge is 0.326 e. The van der Waals surface area contributed by atoms with E-state index in [1.807, 2.05) is 47.0 Å². The SMILES string of the molecule is Cc1ccccc1NC(=S)NCCN1CCC(n2c(=O)[nH]c3ccccc32)CC1. The number of imidazole rings is 1. The molecule has 152 valence electrons. The zero-order valence-corrected chi connectivity index (χ0v) is 17.5. The van der Waals surface area contributed by atoms with Crippen LogP contribution in [0.4, 0.5) is 5.69 Å². The molecule has 0 amide bonds. The van der Waals surface area contributed by atoms with Gasteiger partial charge in [-0.15, -0.1) is 0 Å². The molecular weight excluding hydrogens is 382 g/mol. The van der Waals surface area contributed by atoms with E-state index in [2.05, 4.69) is 33.5 Å². The minimum Gasteiger partial charge on any atom is -0.361 e. The minimum atomic E-state index is -0.000977. The summed E-state index contributed by atoms with van der Waals surface area (Å²) < 4.78 is 1.94. The van der Waals surface area contributed by atoms with E-state index in [9.17, 15) is 4.79 Å². The van der Waals surface area contributed by atoms with E-state index in [0.717, 1.165) is 55.7 Å². The molecule has 0 radical (unpaired) electrons. The Bertz CT molecular complexity index is 1050. The molecular formula is C22H27N5OS. The number of nitrogens with zero attached hydrogens (tertiary/aromatic N) is 2. The van der Waals surface area contributed by atoms with Crippen LogP contribution in [0, 0.1) is 6.92 Å². The number of fused-ring (bicyclic) bond motifs is 1. The third-order valence-corrected chi connectivity index (χ3v) is 5.90. The van der Waals surface area contributed by atoms with E-state index in [1.54, 1.807) is 0 Å². The average Bonchev–Trinajstić information content (AvgIpc) is 3.06. The maximum Gasteiger partial charge on any atom is 0.326 e. The van der Waals surface area contributed by atoms with E-state index in [4.69, 9.17) is 12.2 Å². The van der Waals surface area contributed by atoms with Crippen LogP contribution < -0.4 is 16.3 Å². The van der Waals surface area contributed by atoms with Gasteiger partial charge in [0.15, 0.2) is 5.11 Å². The molecule has 7 heteroatoms. The summed E-state index contributed by atoms with van der Waals surface area (Å²) in [5.41, 5.74) is 4.13. The van der Waals surface area contributed by atoms with Crippen LogP contribution in [-0.2, 0) is 0 Å². The van der Waals surface area contributed by atoms with Gasteiger partial charge in [-0.3, -0.25) is 4.57 Å². The number of hydrogen-bond donors (Lipinski definition) is 3. The highest BCUT2D eigenvalue weighted by Gasteiger charge is 2.23. The van der Waals surface area contributed by atoms with Crippen molar-refractivity contribution >= 4 is 34.1 Å². The lowest BCUT2D eigenvalue weighted by atomic mass is 10.0. The van der Waals surface area contributed by atoms with Crippen molar-refractivity contribution in [3.63, 3.8) is 0 Å². The van der Waals surface area contributed by atoms with Gasteiger partial charge in [0.25, 0.3) is 0 Å². The van der Waals surface area contributed by atoms with Gasteiger partial charge in [-0.25, -0.2) is 4.79 Å². The zero-order valence-electron chi connectivity index (χ0n) is 16.6. The van der Waals surface area contributed by atoms with Crippen LogP contribution in [0.5, 0.6) is 0 Å². The molecule has 3 N–H and O–H groups in total. The third kappa shape index (κ3) is 4.52. The molecule has 1 aliphatic heterocycles. The van der Waals surface area contributed by atoms with Gasteiger partial charge in [0.1, 0.15) is 0 Å². The quantitative estimate of drug-likeness (QED) is 0.565. The van der Waals surface area contributed by atoms with Crippen LogP contribution in [0.3, 0.4) is 0 Å². The summed E-state index contributed by atoms with van der Waals surface area (Å²) in [5.74, 6) is 0. The van der Waals surface area contributed by atoms with Crippen molar-refractivity contribution in [3.8, 4) is 0 Å². The molecule has 2 aromatic carbocycles. The summed E-state index contributed by atoms with van der Waals surface area (Å²) in [7, 11) is 0. The molecule has 1 saturated heterocycles. The Labute approximate surface area is 175 Å². The number of piperidine rings is 1. The standard InChI is InChI=1S/C22H27N5OS/c1-16-6-2-3-7-18(16)24-21(29)23-12-15-26-13-10-17(11-14-26)27-20-9-5-4-8-19(20)25-22(27)28/h2-9,17H,10-15H2,1H3,(H,25,28)(H2,23,24,29). The Morgan fingerprint density at radius 3 is 2.66 bits per heavy atom. The van der Waals surface area contributed by atoms with E-state index < -0.39 is 0 Å². The molecule has 6 nitrogen and oxygen atoms in total. The first kappa shape index (κ1) is 19.7.